The number of pyridine rings is 1. The van der Waals surface area contributed by atoms with Crippen molar-refractivity contribution in [2.24, 2.45) is 27.4 Å². The third-order valence-electron chi connectivity index (χ3n) is 6.09. The first-order valence-corrected chi connectivity index (χ1v) is 12.9. The fourth-order valence-corrected chi connectivity index (χ4v) is 5.07. The number of hydrogen-bond donors (Lipinski definition) is 4. The molecule has 0 saturated carbocycles. The average molecular weight is 490 g/mol. The minimum absolute atomic E-state index is 0.0120. The molecule has 0 unspecified atom stereocenters. The van der Waals surface area contributed by atoms with Crippen LogP contribution in [0, 0.1) is 5.92 Å². The third kappa shape index (κ3) is 7.98. The summed E-state index contributed by atoms with van der Waals surface area (Å²) in [6, 6.07) is 2.90. The SMILES string of the molecule is NC(N)=NCCC[C@H](NC(=O)Cn1cccc(CCC2CCNCC2)c1=O)C(=O)C1=NCCS1. The Balaban J connectivity index is 1.60. The third-order valence-corrected chi connectivity index (χ3v) is 7.08. The topological polar surface area (TPSA) is 157 Å². The van der Waals surface area contributed by atoms with Gasteiger partial charge in [0.15, 0.2) is 5.96 Å². The smallest absolute Gasteiger partial charge is 0.254 e. The minimum atomic E-state index is -0.732. The maximum absolute atomic E-state index is 12.9. The lowest BCUT2D eigenvalue weighted by molar-refractivity contribution is -0.125. The highest BCUT2D eigenvalue weighted by Gasteiger charge is 2.27. The van der Waals surface area contributed by atoms with Crippen LogP contribution in [-0.2, 0) is 22.6 Å². The normalized spacial score (nSPS) is 17.1. The summed E-state index contributed by atoms with van der Waals surface area (Å²) in [5, 5.41) is 6.59. The molecule has 6 N–H and O–H groups in total. The van der Waals surface area contributed by atoms with E-state index in [4.69, 9.17) is 11.5 Å². The maximum atomic E-state index is 12.9. The van der Waals surface area contributed by atoms with Gasteiger partial charge < -0.3 is 26.7 Å². The average Bonchev–Trinajstić information content (AvgIpc) is 3.37. The highest BCUT2D eigenvalue weighted by atomic mass is 32.2. The molecule has 10 nitrogen and oxygen atoms in total. The Kier molecular flexibility index (Phi) is 10.1. The van der Waals surface area contributed by atoms with E-state index in [9.17, 15) is 14.4 Å². The highest BCUT2D eigenvalue weighted by molar-refractivity contribution is 8.16. The zero-order chi connectivity index (χ0) is 24.3. The van der Waals surface area contributed by atoms with Crippen molar-refractivity contribution >= 4 is 34.5 Å². The van der Waals surface area contributed by atoms with E-state index in [-0.39, 0.29) is 29.8 Å². The largest absolute Gasteiger partial charge is 0.370 e. The summed E-state index contributed by atoms with van der Waals surface area (Å²) in [6.45, 7) is 2.87. The summed E-state index contributed by atoms with van der Waals surface area (Å²) in [5.74, 6) is 0.779. The summed E-state index contributed by atoms with van der Waals surface area (Å²) in [4.78, 5) is 46.8. The van der Waals surface area contributed by atoms with Gasteiger partial charge in [0.25, 0.3) is 5.56 Å². The predicted octanol–water partition coefficient (Wildman–Crippen LogP) is 0.0333. The second kappa shape index (κ2) is 13.3. The second-order valence-corrected chi connectivity index (χ2v) is 9.75. The molecule has 34 heavy (non-hydrogen) atoms. The van der Waals surface area contributed by atoms with Crippen LogP contribution in [0.25, 0.3) is 0 Å². The van der Waals surface area contributed by atoms with Crippen molar-refractivity contribution in [1.29, 1.82) is 0 Å². The van der Waals surface area contributed by atoms with E-state index < -0.39 is 6.04 Å². The molecule has 0 aromatic carbocycles. The van der Waals surface area contributed by atoms with E-state index in [0.29, 0.717) is 43.3 Å². The lowest BCUT2D eigenvalue weighted by Crippen LogP contribution is -2.45. The number of ketones is 1. The Hall–Kier alpha value is -2.66. The van der Waals surface area contributed by atoms with Gasteiger partial charge in [0, 0.05) is 30.6 Å². The van der Waals surface area contributed by atoms with Gasteiger partial charge in [0.1, 0.15) is 11.6 Å². The molecule has 0 spiro atoms. The number of Topliss-reactive ketones (excluding diaryl/α,β-unsaturated/α-hetero) is 1. The van der Waals surface area contributed by atoms with Crippen LogP contribution in [0.15, 0.2) is 33.1 Å². The number of aromatic nitrogens is 1. The Morgan fingerprint density at radius 1 is 1.32 bits per heavy atom. The lowest BCUT2D eigenvalue weighted by Gasteiger charge is -2.22. The van der Waals surface area contributed by atoms with Gasteiger partial charge in [-0.2, -0.15) is 0 Å². The molecular weight excluding hydrogens is 454 g/mol. The molecule has 1 saturated heterocycles. The molecule has 186 valence electrons. The number of thioether (sulfide) groups is 1. The summed E-state index contributed by atoms with van der Waals surface area (Å²) < 4.78 is 1.41. The van der Waals surface area contributed by atoms with Crippen LogP contribution in [0.3, 0.4) is 0 Å². The monoisotopic (exact) mass is 489 g/mol. The van der Waals surface area contributed by atoms with Crippen LogP contribution in [0.1, 0.15) is 37.7 Å². The number of nitrogens with zero attached hydrogens (tertiary/aromatic N) is 3. The van der Waals surface area contributed by atoms with Crippen LogP contribution in [0.4, 0.5) is 0 Å². The van der Waals surface area contributed by atoms with E-state index >= 15 is 0 Å². The van der Waals surface area contributed by atoms with Crippen molar-refractivity contribution in [2.75, 3.05) is 31.9 Å². The maximum Gasteiger partial charge on any atom is 0.254 e. The zero-order valence-electron chi connectivity index (χ0n) is 19.5. The van der Waals surface area contributed by atoms with Crippen LogP contribution in [-0.4, -0.2) is 65.2 Å². The minimum Gasteiger partial charge on any atom is -0.370 e. The second-order valence-electron chi connectivity index (χ2n) is 8.67. The first-order valence-electron chi connectivity index (χ1n) is 11.9. The van der Waals surface area contributed by atoms with Crippen molar-refractivity contribution in [2.45, 2.75) is 51.1 Å². The fourth-order valence-electron chi connectivity index (χ4n) is 4.23. The highest BCUT2D eigenvalue weighted by Crippen LogP contribution is 2.18. The molecule has 1 atom stereocenters. The number of rotatable bonds is 12. The van der Waals surface area contributed by atoms with Crippen molar-refractivity contribution in [3.8, 4) is 0 Å². The number of carbonyl (C=O) groups excluding carboxylic acids is 2. The van der Waals surface area contributed by atoms with E-state index in [2.05, 4.69) is 20.6 Å². The summed E-state index contributed by atoms with van der Waals surface area (Å²) in [6.07, 6.45) is 6.46. The molecule has 2 aliphatic heterocycles. The molecule has 0 aliphatic carbocycles. The van der Waals surface area contributed by atoms with Crippen LogP contribution < -0.4 is 27.7 Å². The van der Waals surface area contributed by atoms with Gasteiger partial charge in [-0.3, -0.25) is 24.4 Å². The Morgan fingerprint density at radius 2 is 2.12 bits per heavy atom. The lowest BCUT2D eigenvalue weighted by atomic mass is 9.92. The van der Waals surface area contributed by atoms with Crippen LogP contribution in [0.5, 0.6) is 0 Å². The predicted molar refractivity (Wildman–Crippen MR) is 136 cm³/mol. The molecule has 11 heteroatoms. The molecule has 2 aliphatic rings. The number of amides is 1. The molecule has 0 radical (unpaired) electrons. The first-order chi connectivity index (χ1) is 16.4. The van der Waals surface area contributed by atoms with Crippen molar-refractivity contribution < 1.29 is 9.59 Å². The molecule has 1 aromatic heterocycles. The van der Waals surface area contributed by atoms with E-state index in [1.807, 2.05) is 6.07 Å². The van der Waals surface area contributed by atoms with Gasteiger partial charge in [-0.15, -0.1) is 11.8 Å². The molecule has 1 fully saturated rings. The number of carbonyl (C=O) groups is 2. The fraction of sp³-hybridized carbons (Fsp3) is 0.609. The molecule has 1 aromatic rings. The molecule has 0 bridgehead atoms. The molecule has 1 amide bonds. The van der Waals surface area contributed by atoms with E-state index in [0.717, 1.165) is 43.7 Å². The molecule has 3 heterocycles. The Labute approximate surface area is 204 Å². The number of nitrogens with one attached hydrogen (secondary N) is 2. The van der Waals surface area contributed by atoms with Gasteiger partial charge in [0.05, 0.1) is 6.04 Å². The first kappa shape index (κ1) is 26.0. The van der Waals surface area contributed by atoms with Gasteiger partial charge >= 0.3 is 0 Å². The van der Waals surface area contributed by atoms with Crippen LogP contribution >= 0.6 is 11.8 Å². The number of aliphatic imine (C=N–C) groups is 2. The van der Waals surface area contributed by atoms with Crippen molar-refractivity contribution in [3.05, 3.63) is 34.2 Å². The molecule has 3 rings (SSSR count). The quantitative estimate of drug-likeness (QED) is 0.183. The number of hydrogen-bond acceptors (Lipinski definition) is 7. The number of piperidine rings is 1. The van der Waals surface area contributed by atoms with E-state index in [1.54, 1.807) is 12.3 Å². The van der Waals surface area contributed by atoms with E-state index in [1.165, 1.54) is 16.3 Å². The number of guanidine groups is 1. The number of nitrogens with two attached hydrogens (primary N) is 2. The van der Waals surface area contributed by atoms with Gasteiger partial charge in [-0.05, 0) is 63.6 Å². The van der Waals surface area contributed by atoms with Crippen LogP contribution in [0.2, 0.25) is 0 Å². The zero-order valence-corrected chi connectivity index (χ0v) is 20.3. The summed E-state index contributed by atoms with van der Waals surface area (Å²) in [7, 11) is 0. The standard InChI is InChI=1S/C23H35N7O3S/c24-23(25)28-9-1-4-18(20(32)21-27-12-14-34-21)29-19(31)15-30-13-2-3-17(22(30)33)6-5-16-7-10-26-11-8-16/h2-3,13,16,18,26H,1,4-12,14-15H2,(H,29,31)(H4,24,25,28)/t18-/m0/s1. The van der Waals surface area contributed by atoms with Crippen molar-refractivity contribution in [1.82, 2.24) is 15.2 Å². The Morgan fingerprint density at radius 3 is 2.82 bits per heavy atom. The van der Waals surface area contributed by atoms with Gasteiger partial charge in [0.2, 0.25) is 11.7 Å². The van der Waals surface area contributed by atoms with Gasteiger partial charge in [-0.25, -0.2) is 0 Å². The molecular formula is C23H35N7O3S. The number of aryl methyl sites for hydroxylation is 1. The van der Waals surface area contributed by atoms with Crippen molar-refractivity contribution in [3.63, 3.8) is 0 Å². The summed E-state index contributed by atoms with van der Waals surface area (Å²) in [5.41, 5.74) is 11.3. The summed E-state index contributed by atoms with van der Waals surface area (Å²) >= 11 is 1.40. The van der Waals surface area contributed by atoms with Gasteiger partial charge in [-0.1, -0.05) is 6.07 Å². The Bertz CT molecular complexity index is 966.